The van der Waals surface area contributed by atoms with Crippen LogP contribution in [0.25, 0.3) is 0 Å². The van der Waals surface area contributed by atoms with Crippen molar-refractivity contribution in [2.45, 2.75) is 40.7 Å². The van der Waals surface area contributed by atoms with E-state index in [0.717, 1.165) is 18.0 Å². The second-order valence-corrected chi connectivity index (χ2v) is 7.27. The Balaban J connectivity index is 2.36. The molecular weight excluding hydrogens is 258 g/mol. The molecule has 3 nitrogen and oxygen atoms in total. The van der Waals surface area contributed by atoms with Crippen LogP contribution in [0.1, 0.15) is 37.4 Å². The summed E-state index contributed by atoms with van der Waals surface area (Å²) in [6, 6.07) is 4.09. The number of carbonyl (C=O) groups is 1. The molecule has 0 amide bonds. The highest BCUT2D eigenvalue weighted by Gasteiger charge is 2.19. The van der Waals surface area contributed by atoms with Gasteiger partial charge in [-0.2, -0.15) is 0 Å². The minimum Gasteiger partial charge on any atom is -0.469 e. The molecular formula is C15H25NO2S. The molecule has 1 aromatic rings. The monoisotopic (exact) mass is 283 g/mol. The maximum absolute atomic E-state index is 11.2. The van der Waals surface area contributed by atoms with Crippen molar-refractivity contribution in [1.29, 1.82) is 0 Å². The molecule has 0 spiro atoms. The zero-order valence-electron chi connectivity index (χ0n) is 12.6. The fraction of sp³-hybridized carbons (Fsp3) is 0.667. The highest BCUT2D eigenvalue weighted by Crippen LogP contribution is 2.24. The molecule has 0 saturated carbocycles. The first kappa shape index (κ1) is 16.2. The summed E-state index contributed by atoms with van der Waals surface area (Å²) in [4.78, 5) is 13.5. The average Bonchev–Trinajstić information content (AvgIpc) is 2.75. The summed E-state index contributed by atoms with van der Waals surface area (Å²) in [6.07, 6.45) is 0.375. The van der Waals surface area contributed by atoms with E-state index in [1.54, 1.807) is 11.3 Å². The van der Waals surface area contributed by atoms with Gasteiger partial charge in [0, 0.05) is 16.3 Å². The molecule has 1 N–H and O–H groups in total. The Morgan fingerprint density at radius 1 is 1.37 bits per heavy atom. The van der Waals surface area contributed by atoms with E-state index >= 15 is 0 Å². The van der Waals surface area contributed by atoms with Crippen LogP contribution in [0.3, 0.4) is 0 Å². The smallest absolute Gasteiger partial charge is 0.310 e. The second kappa shape index (κ2) is 7.06. The van der Waals surface area contributed by atoms with E-state index in [4.69, 9.17) is 0 Å². The molecule has 0 aliphatic rings. The Morgan fingerprint density at radius 3 is 2.58 bits per heavy atom. The van der Waals surface area contributed by atoms with Gasteiger partial charge in [-0.05, 0) is 30.0 Å². The minimum absolute atomic E-state index is 0.178. The van der Waals surface area contributed by atoms with Gasteiger partial charge in [0.05, 0.1) is 13.5 Å². The average molecular weight is 283 g/mol. The van der Waals surface area contributed by atoms with E-state index in [9.17, 15) is 4.79 Å². The summed E-state index contributed by atoms with van der Waals surface area (Å²) in [5.74, 6) is 0.449. The third-order valence-electron chi connectivity index (χ3n) is 3.49. The van der Waals surface area contributed by atoms with Crippen molar-refractivity contribution in [2.24, 2.45) is 11.3 Å². The standard InChI is InChI=1S/C15H25NO2S/c1-11(15(2,3)4)9-16-10-13-7-6-12(19-13)8-14(17)18-5/h6-7,11,16H,8-10H2,1-5H3. The number of hydrogen-bond donors (Lipinski definition) is 1. The van der Waals surface area contributed by atoms with E-state index in [0.29, 0.717) is 17.8 Å². The molecule has 108 valence electrons. The van der Waals surface area contributed by atoms with Crippen LogP contribution < -0.4 is 5.32 Å². The molecule has 1 rings (SSSR count). The van der Waals surface area contributed by atoms with Gasteiger partial charge >= 0.3 is 5.97 Å². The van der Waals surface area contributed by atoms with E-state index in [2.05, 4.69) is 43.8 Å². The quantitative estimate of drug-likeness (QED) is 0.815. The normalized spacial score (nSPS) is 13.3. The SMILES string of the molecule is COC(=O)Cc1ccc(CNCC(C)C(C)(C)C)s1. The van der Waals surface area contributed by atoms with Gasteiger partial charge in [0.1, 0.15) is 0 Å². The Labute approximate surface area is 120 Å². The van der Waals surface area contributed by atoms with Crippen LogP contribution in [0.5, 0.6) is 0 Å². The van der Waals surface area contributed by atoms with Crippen molar-refractivity contribution in [1.82, 2.24) is 5.32 Å². The van der Waals surface area contributed by atoms with Gasteiger partial charge in [-0.1, -0.05) is 27.7 Å². The van der Waals surface area contributed by atoms with Gasteiger partial charge in [-0.3, -0.25) is 4.79 Å². The van der Waals surface area contributed by atoms with Crippen LogP contribution in [0, 0.1) is 11.3 Å². The summed E-state index contributed by atoms with van der Waals surface area (Å²) in [5, 5.41) is 3.48. The van der Waals surface area contributed by atoms with Gasteiger partial charge in [0.15, 0.2) is 0 Å². The molecule has 0 aromatic carbocycles. The lowest BCUT2D eigenvalue weighted by Gasteiger charge is -2.27. The molecule has 0 bridgehead atoms. The van der Waals surface area contributed by atoms with Gasteiger partial charge in [0.2, 0.25) is 0 Å². The topological polar surface area (TPSA) is 38.3 Å². The predicted molar refractivity (Wildman–Crippen MR) is 80.4 cm³/mol. The molecule has 0 saturated heterocycles. The summed E-state index contributed by atoms with van der Waals surface area (Å²) in [7, 11) is 1.42. The van der Waals surface area contributed by atoms with Crippen LogP contribution in [0.15, 0.2) is 12.1 Å². The lowest BCUT2D eigenvalue weighted by molar-refractivity contribution is -0.139. The van der Waals surface area contributed by atoms with Crippen LogP contribution in [0.2, 0.25) is 0 Å². The van der Waals surface area contributed by atoms with Crippen molar-refractivity contribution in [3.8, 4) is 0 Å². The van der Waals surface area contributed by atoms with Gasteiger partial charge in [-0.25, -0.2) is 0 Å². The van der Waals surface area contributed by atoms with Gasteiger partial charge in [0.25, 0.3) is 0 Å². The molecule has 19 heavy (non-hydrogen) atoms. The van der Waals surface area contributed by atoms with E-state index in [-0.39, 0.29) is 5.97 Å². The van der Waals surface area contributed by atoms with Crippen LogP contribution in [-0.4, -0.2) is 19.6 Å². The Bertz CT molecular complexity index is 407. The lowest BCUT2D eigenvalue weighted by atomic mass is 9.82. The van der Waals surface area contributed by atoms with Crippen molar-refractivity contribution in [3.05, 3.63) is 21.9 Å². The predicted octanol–water partition coefficient (Wildman–Crippen LogP) is 3.24. The number of carbonyl (C=O) groups excluding carboxylic acids is 1. The second-order valence-electron chi connectivity index (χ2n) is 6.02. The third kappa shape index (κ3) is 5.74. The van der Waals surface area contributed by atoms with E-state index in [1.165, 1.54) is 12.0 Å². The minimum atomic E-state index is -0.178. The third-order valence-corrected chi connectivity index (χ3v) is 4.58. The fourth-order valence-electron chi connectivity index (χ4n) is 1.54. The molecule has 4 heteroatoms. The zero-order valence-corrected chi connectivity index (χ0v) is 13.4. The lowest BCUT2D eigenvalue weighted by Crippen LogP contribution is -2.29. The number of methoxy groups -OCH3 is 1. The van der Waals surface area contributed by atoms with E-state index < -0.39 is 0 Å². The molecule has 0 radical (unpaired) electrons. The molecule has 1 atom stereocenters. The molecule has 1 unspecified atom stereocenters. The Kier molecular flexibility index (Phi) is 6.01. The number of esters is 1. The molecule has 1 heterocycles. The number of thiophene rings is 1. The van der Waals surface area contributed by atoms with Crippen LogP contribution in [0.4, 0.5) is 0 Å². The number of rotatable bonds is 6. The summed E-state index contributed by atoms with van der Waals surface area (Å²) >= 11 is 1.67. The number of ether oxygens (including phenoxy) is 1. The van der Waals surface area contributed by atoms with Crippen molar-refractivity contribution in [2.75, 3.05) is 13.7 Å². The largest absolute Gasteiger partial charge is 0.469 e. The fourth-order valence-corrected chi connectivity index (χ4v) is 2.52. The van der Waals surface area contributed by atoms with Gasteiger partial charge in [-0.15, -0.1) is 11.3 Å². The van der Waals surface area contributed by atoms with E-state index in [1.807, 2.05) is 6.07 Å². The first-order valence-corrected chi connectivity index (χ1v) is 7.49. The van der Waals surface area contributed by atoms with Crippen molar-refractivity contribution >= 4 is 17.3 Å². The van der Waals surface area contributed by atoms with Crippen LogP contribution >= 0.6 is 11.3 Å². The van der Waals surface area contributed by atoms with Crippen LogP contribution in [-0.2, 0) is 22.5 Å². The molecule has 0 aliphatic carbocycles. The first-order chi connectivity index (χ1) is 8.82. The summed E-state index contributed by atoms with van der Waals surface area (Å²) < 4.78 is 4.67. The number of hydrogen-bond acceptors (Lipinski definition) is 4. The zero-order chi connectivity index (χ0) is 14.5. The van der Waals surface area contributed by atoms with Crippen molar-refractivity contribution in [3.63, 3.8) is 0 Å². The highest BCUT2D eigenvalue weighted by atomic mass is 32.1. The summed E-state index contributed by atoms with van der Waals surface area (Å²) in [5.41, 5.74) is 0.332. The number of nitrogens with one attached hydrogen (secondary N) is 1. The molecule has 0 aliphatic heterocycles. The first-order valence-electron chi connectivity index (χ1n) is 6.68. The molecule has 1 aromatic heterocycles. The maximum atomic E-state index is 11.2. The Hall–Kier alpha value is -0.870. The molecule has 0 fully saturated rings. The Morgan fingerprint density at radius 2 is 2.00 bits per heavy atom. The van der Waals surface area contributed by atoms with Crippen molar-refractivity contribution < 1.29 is 9.53 Å². The maximum Gasteiger partial charge on any atom is 0.310 e. The summed E-state index contributed by atoms with van der Waals surface area (Å²) in [6.45, 7) is 10.9. The van der Waals surface area contributed by atoms with Gasteiger partial charge < -0.3 is 10.1 Å². The highest BCUT2D eigenvalue weighted by molar-refractivity contribution is 7.12.